The van der Waals surface area contributed by atoms with Gasteiger partial charge < -0.3 is 9.64 Å². The van der Waals surface area contributed by atoms with E-state index >= 15 is 0 Å². The van der Waals surface area contributed by atoms with Gasteiger partial charge in [0.1, 0.15) is 11.6 Å². The molecule has 0 radical (unpaired) electrons. The molecular formula is C28H37F3N4O2. The van der Waals surface area contributed by atoms with Crippen molar-refractivity contribution >= 4 is 5.78 Å². The molecule has 1 fully saturated rings. The molecule has 4 rings (SSSR count). The van der Waals surface area contributed by atoms with Crippen LogP contribution >= 0.6 is 0 Å². The molecule has 0 spiro atoms. The van der Waals surface area contributed by atoms with E-state index in [-0.39, 0.29) is 11.7 Å². The van der Waals surface area contributed by atoms with Crippen molar-refractivity contribution in [3.05, 3.63) is 47.2 Å². The van der Waals surface area contributed by atoms with Crippen LogP contribution in [0.15, 0.2) is 24.5 Å². The smallest absolute Gasteiger partial charge is 0.425 e. The highest BCUT2D eigenvalue weighted by Crippen LogP contribution is 2.33. The summed E-state index contributed by atoms with van der Waals surface area (Å²) < 4.78 is 43.5. The summed E-state index contributed by atoms with van der Waals surface area (Å²) in [6.45, 7) is 5.64. The number of aryl methyl sites for hydroxylation is 1. The molecule has 0 N–H and O–H groups in total. The van der Waals surface area contributed by atoms with Crippen molar-refractivity contribution in [3.8, 4) is 5.88 Å². The second kappa shape index (κ2) is 12.3. The zero-order chi connectivity index (χ0) is 26.4. The van der Waals surface area contributed by atoms with Crippen LogP contribution in [-0.4, -0.2) is 57.5 Å². The van der Waals surface area contributed by atoms with Crippen molar-refractivity contribution in [2.24, 2.45) is 11.8 Å². The number of nitrogens with zero attached hydrogens (tertiary/aromatic N) is 4. The van der Waals surface area contributed by atoms with Crippen molar-refractivity contribution in [2.75, 3.05) is 19.6 Å². The van der Waals surface area contributed by atoms with Gasteiger partial charge in [-0.3, -0.25) is 4.79 Å². The minimum atomic E-state index is -4.41. The number of fused-ring (bicyclic) bond motifs is 1. The van der Waals surface area contributed by atoms with E-state index in [2.05, 4.69) is 19.9 Å². The first-order valence-electron chi connectivity index (χ1n) is 13.4. The molecule has 0 saturated heterocycles. The summed E-state index contributed by atoms with van der Waals surface area (Å²) in [5, 5.41) is 0. The van der Waals surface area contributed by atoms with Gasteiger partial charge in [-0.1, -0.05) is 18.9 Å². The highest BCUT2D eigenvalue weighted by atomic mass is 19.4. The van der Waals surface area contributed by atoms with E-state index in [4.69, 9.17) is 4.74 Å². The number of ether oxygens (including phenoxy) is 1. The van der Waals surface area contributed by atoms with E-state index in [0.717, 1.165) is 69.1 Å². The Morgan fingerprint density at radius 3 is 2.46 bits per heavy atom. The van der Waals surface area contributed by atoms with Crippen LogP contribution in [-0.2, 0) is 24.1 Å². The summed E-state index contributed by atoms with van der Waals surface area (Å²) in [5.41, 5.74) is 2.83. The van der Waals surface area contributed by atoms with Crippen LogP contribution in [0.3, 0.4) is 0 Å². The highest BCUT2D eigenvalue weighted by molar-refractivity contribution is 5.80. The minimum absolute atomic E-state index is 0.0412. The second-order valence-corrected chi connectivity index (χ2v) is 10.6. The van der Waals surface area contributed by atoms with Gasteiger partial charge in [-0.2, -0.15) is 13.2 Å². The number of alkyl halides is 3. The van der Waals surface area contributed by atoms with Crippen LogP contribution in [0.25, 0.3) is 0 Å². The molecule has 0 bridgehead atoms. The number of carbonyl (C=O) groups excluding carboxylic acids is 1. The molecule has 1 aliphatic heterocycles. The Balaban J connectivity index is 1.17. The van der Waals surface area contributed by atoms with Gasteiger partial charge >= 0.3 is 6.18 Å². The predicted octanol–water partition coefficient (Wildman–Crippen LogP) is 5.31. The number of Topliss-reactive ketones (excluding diaryl/α,β-unsaturated/α-hetero) is 1. The lowest BCUT2D eigenvalue weighted by atomic mass is 9.78. The van der Waals surface area contributed by atoms with Crippen LogP contribution in [0.1, 0.15) is 68.1 Å². The molecule has 1 atom stereocenters. The molecule has 0 amide bonds. The van der Waals surface area contributed by atoms with E-state index in [1.807, 2.05) is 13.0 Å². The number of ketones is 1. The quantitative estimate of drug-likeness (QED) is 0.448. The van der Waals surface area contributed by atoms with Crippen LogP contribution < -0.4 is 4.74 Å². The molecule has 9 heteroatoms. The third-order valence-corrected chi connectivity index (χ3v) is 7.74. The molecule has 202 valence electrons. The third-order valence-electron chi connectivity index (χ3n) is 7.74. The second-order valence-electron chi connectivity index (χ2n) is 10.6. The molecule has 2 aromatic rings. The van der Waals surface area contributed by atoms with E-state index in [1.54, 1.807) is 18.5 Å². The summed E-state index contributed by atoms with van der Waals surface area (Å²) in [6, 6.07) is 3.41. The maximum atomic E-state index is 12.8. The zero-order valence-corrected chi connectivity index (χ0v) is 21.8. The summed E-state index contributed by atoms with van der Waals surface area (Å²) in [6.07, 6.45) is 5.52. The zero-order valence-electron chi connectivity index (χ0n) is 21.8. The minimum Gasteiger partial charge on any atom is -0.465 e. The van der Waals surface area contributed by atoms with Gasteiger partial charge in [0, 0.05) is 56.5 Å². The monoisotopic (exact) mass is 518 g/mol. The fourth-order valence-corrected chi connectivity index (χ4v) is 5.37. The Kier molecular flexibility index (Phi) is 9.16. The maximum Gasteiger partial charge on any atom is 0.425 e. The summed E-state index contributed by atoms with van der Waals surface area (Å²) in [5.74, 6) is 2.19. The van der Waals surface area contributed by atoms with Crippen molar-refractivity contribution in [1.29, 1.82) is 0 Å². The fraction of sp³-hybridized carbons (Fsp3) is 0.643. The fourth-order valence-electron chi connectivity index (χ4n) is 5.37. The van der Waals surface area contributed by atoms with Crippen LogP contribution in [0.2, 0.25) is 0 Å². The van der Waals surface area contributed by atoms with E-state index < -0.39 is 12.3 Å². The number of halogens is 3. The molecule has 3 heterocycles. The molecule has 0 unspecified atom stereocenters. The lowest BCUT2D eigenvalue weighted by molar-refractivity contribution is -0.190. The van der Waals surface area contributed by atoms with Gasteiger partial charge in [0.2, 0.25) is 5.88 Å². The SMILES string of the molecule is Cc1ncc(CC(=O)CC2CCC(CCN3CCc4ccc(O[C@H](C)C(F)(F)F)nc4CC3)CC2)cn1. The standard InChI is InChI=1S/C28H37F3N4O2/c1-19(28(29,30)31)37-27-8-7-24-10-13-35(14-11-26(24)34-27)12-9-21-3-5-22(6-4-21)15-25(36)16-23-17-32-20(2)33-18-23/h7-8,17-19,21-22H,3-6,9-16H2,1-2H3/t19-,21?,22?/m1/s1. The number of aromatic nitrogens is 3. The van der Waals surface area contributed by atoms with Crippen molar-refractivity contribution in [2.45, 2.75) is 83.9 Å². The van der Waals surface area contributed by atoms with Gasteiger partial charge in [0.15, 0.2) is 6.10 Å². The molecule has 0 aromatic carbocycles. The summed E-state index contributed by atoms with van der Waals surface area (Å²) >= 11 is 0. The number of rotatable bonds is 9. The Bertz CT molecular complexity index is 1040. The molecule has 6 nitrogen and oxygen atoms in total. The molecule has 2 aromatic heterocycles. The van der Waals surface area contributed by atoms with Gasteiger partial charge in [-0.15, -0.1) is 0 Å². The van der Waals surface area contributed by atoms with Crippen molar-refractivity contribution in [3.63, 3.8) is 0 Å². The number of hydrogen-bond acceptors (Lipinski definition) is 6. The van der Waals surface area contributed by atoms with Crippen molar-refractivity contribution in [1.82, 2.24) is 19.9 Å². The Morgan fingerprint density at radius 2 is 1.76 bits per heavy atom. The van der Waals surface area contributed by atoms with Gasteiger partial charge in [0.05, 0.1) is 0 Å². The average molecular weight is 519 g/mol. The lowest BCUT2D eigenvalue weighted by Crippen LogP contribution is -2.31. The lowest BCUT2D eigenvalue weighted by Gasteiger charge is -2.30. The normalized spacial score (nSPS) is 21.6. The first-order chi connectivity index (χ1) is 17.7. The molecular weight excluding hydrogens is 481 g/mol. The number of pyridine rings is 1. The Morgan fingerprint density at radius 1 is 1.08 bits per heavy atom. The van der Waals surface area contributed by atoms with Crippen LogP contribution in [0, 0.1) is 18.8 Å². The average Bonchev–Trinajstić information content (AvgIpc) is 3.06. The highest BCUT2D eigenvalue weighted by Gasteiger charge is 2.38. The summed E-state index contributed by atoms with van der Waals surface area (Å²) in [7, 11) is 0. The maximum absolute atomic E-state index is 12.8. The van der Waals surface area contributed by atoms with Crippen molar-refractivity contribution < 1.29 is 22.7 Å². The first-order valence-corrected chi connectivity index (χ1v) is 13.4. The third kappa shape index (κ3) is 8.22. The van der Waals surface area contributed by atoms with E-state index in [9.17, 15) is 18.0 Å². The summed E-state index contributed by atoms with van der Waals surface area (Å²) in [4.78, 5) is 27.7. The number of carbonyl (C=O) groups is 1. The molecule has 1 aliphatic carbocycles. The molecule has 37 heavy (non-hydrogen) atoms. The first kappa shape index (κ1) is 27.5. The van der Waals surface area contributed by atoms with Gasteiger partial charge in [0.25, 0.3) is 0 Å². The number of hydrogen-bond donors (Lipinski definition) is 0. The van der Waals surface area contributed by atoms with E-state index in [1.165, 1.54) is 12.8 Å². The van der Waals surface area contributed by atoms with Gasteiger partial charge in [-0.05, 0) is 69.0 Å². The van der Waals surface area contributed by atoms with Crippen LogP contribution in [0.4, 0.5) is 13.2 Å². The van der Waals surface area contributed by atoms with E-state index in [0.29, 0.717) is 36.9 Å². The molecule has 2 aliphatic rings. The largest absolute Gasteiger partial charge is 0.465 e. The Labute approximate surface area is 217 Å². The molecule has 1 saturated carbocycles. The topological polar surface area (TPSA) is 68.2 Å². The van der Waals surface area contributed by atoms with Gasteiger partial charge in [-0.25, -0.2) is 15.0 Å². The predicted molar refractivity (Wildman–Crippen MR) is 134 cm³/mol. The Hall–Kier alpha value is -2.55. The van der Waals surface area contributed by atoms with Crippen LogP contribution in [0.5, 0.6) is 5.88 Å².